The minimum Gasteiger partial charge on any atom is -0.480 e. The highest BCUT2D eigenvalue weighted by atomic mass is 35.5. The third kappa shape index (κ3) is 8.78. The highest BCUT2D eigenvalue weighted by Gasteiger charge is 2.43. The number of hydrogen-bond donors (Lipinski definition) is 4. The molecule has 1 unspecified atom stereocenters. The summed E-state index contributed by atoms with van der Waals surface area (Å²) in [7, 11) is 0. The van der Waals surface area contributed by atoms with Crippen molar-refractivity contribution in [1.29, 1.82) is 0 Å². The van der Waals surface area contributed by atoms with Crippen molar-refractivity contribution in [2.75, 3.05) is 13.2 Å². The number of aliphatic carboxylic acids is 1. The number of carbonyl (C=O) groups excluding carboxylic acids is 3. The van der Waals surface area contributed by atoms with Gasteiger partial charge in [-0.3, -0.25) is 24.4 Å². The van der Waals surface area contributed by atoms with E-state index >= 15 is 0 Å². The third-order valence-electron chi connectivity index (χ3n) is 7.97. The molecule has 0 radical (unpaired) electrons. The summed E-state index contributed by atoms with van der Waals surface area (Å²) in [6, 6.07) is 7.60. The molecule has 5 atom stereocenters. The number of amides is 2. The number of hydrogen-bond acceptors (Lipinski definition) is 9. The number of carboxylic acids is 1. The number of nitrogens with two attached hydrogens (primary N) is 1. The van der Waals surface area contributed by atoms with Crippen molar-refractivity contribution in [3.63, 3.8) is 0 Å². The Bertz CT molecular complexity index is 1410. The second-order valence-corrected chi connectivity index (χ2v) is 12.0. The summed E-state index contributed by atoms with van der Waals surface area (Å²) in [5.74, 6) is -3.23. The molecule has 2 aliphatic rings. The van der Waals surface area contributed by atoms with Crippen LogP contribution in [0.15, 0.2) is 36.4 Å². The molecule has 4 rings (SSSR count). The molecular formula is C32H44ClN5O7. The van der Waals surface area contributed by atoms with Crippen LogP contribution in [-0.4, -0.2) is 75.8 Å². The van der Waals surface area contributed by atoms with Gasteiger partial charge in [-0.25, -0.2) is 10.2 Å². The molecule has 0 spiro atoms. The molecule has 2 aliphatic heterocycles. The summed E-state index contributed by atoms with van der Waals surface area (Å²) in [6.07, 6.45) is 5.13. The van der Waals surface area contributed by atoms with Gasteiger partial charge < -0.3 is 25.6 Å². The molecule has 2 amide bonds. The van der Waals surface area contributed by atoms with Crippen LogP contribution < -0.4 is 16.5 Å². The number of carbonyl (C=O) groups is 4. The van der Waals surface area contributed by atoms with Crippen LogP contribution in [0.4, 0.5) is 0 Å². The zero-order valence-electron chi connectivity index (χ0n) is 26.2. The maximum atomic E-state index is 13.7. The SMILES string of the molecule is CC(C)[C@H](OC(=O)C1(/C=C/c2ccc3ccc([C@@H](C)N)nc3c2)CCCCO1)C(=O)N[C@@H](C)C(=O)N1CCC[C@@H](C(=O)O)N1.Cl. The predicted octanol–water partition coefficient (Wildman–Crippen LogP) is 3.28. The van der Waals surface area contributed by atoms with Crippen LogP contribution in [0, 0.1) is 5.92 Å². The minimum atomic E-state index is -1.38. The third-order valence-corrected chi connectivity index (χ3v) is 7.97. The topological polar surface area (TPSA) is 173 Å². The average molecular weight is 646 g/mol. The summed E-state index contributed by atoms with van der Waals surface area (Å²) in [6.45, 7) is 7.56. The lowest BCUT2D eigenvalue weighted by Gasteiger charge is -2.35. The van der Waals surface area contributed by atoms with Crippen LogP contribution in [0.25, 0.3) is 17.0 Å². The molecule has 2 fully saturated rings. The largest absolute Gasteiger partial charge is 0.480 e. The number of carboxylic acid groups (broad SMARTS) is 1. The van der Waals surface area contributed by atoms with Crippen LogP contribution in [0.2, 0.25) is 0 Å². The molecule has 45 heavy (non-hydrogen) atoms. The van der Waals surface area contributed by atoms with Crippen molar-refractivity contribution < 1.29 is 33.8 Å². The van der Waals surface area contributed by atoms with Crippen molar-refractivity contribution in [3.8, 4) is 0 Å². The maximum Gasteiger partial charge on any atom is 0.343 e. The van der Waals surface area contributed by atoms with Gasteiger partial charge in [-0.1, -0.05) is 38.1 Å². The predicted molar refractivity (Wildman–Crippen MR) is 171 cm³/mol. The van der Waals surface area contributed by atoms with E-state index in [-0.39, 0.29) is 18.4 Å². The van der Waals surface area contributed by atoms with E-state index in [2.05, 4.69) is 15.7 Å². The van der Waals surface area contributed by atoms with E-state index in [4.69, 9.17) is 15.2 Å². The van der Waals surface area contributed by atoms with Gasteiger partial charge in [0.15, 0.2) is 11.7 Å². The van der Waals surface area contributed by atoms with Gasteiger partial charge in [-0.2, -0.15) is 0 Å². The molecule has 2 saturated heterocycles. The fourth-order valence-electron chi connectivity index (χ4n) is 5.34. The molecule has 3 heterocycles. The number of nitrogens with zero attached hydrogens (tertiary/aromatic N) is 2. The second kappa shape index (κ2) is 15.6. The Morgan fingerprint density at radius 3 is 2.53 bits per heavy atom. The summed E-state index contributed by atoms with van der Waals surface area (Å²) in [5.41, 5.74) is 9.70. The molecule has 13 heteroatoms. The first-order valence-electron chi connectivity index (χ1n) is 15.2. The molecule has 0 bridgehead atoms. The Kier molecular flexibility index (Phi) is 12.5. The zero-order valence-corrected chi connectivity index (χ0v) is 27.0. The fraction of sp³-hybridized carbons (Fsp3) is 0.531. The van der Waals surface area contributed by atoms with Gasteiger partial charge in [0.2, 0.25) is 0 Å². The number of pyridine rings is 1. The van der Waals surface area contributed by atoms with E-state index in [1.54, 1.807) is 26.0 Å². The van der Waals surface area contributed by atoms with Gasteiger partial charge in [0.1, 0.15) is 12.1 Å². The Hall–Kier alpha value is -3.58. The van der Waals surface area contributed by atoms with E-state index in [1.165, 1.54) is 11.9 Å². The van der Waals surface area contributed by atoms with Crippen LogP contribution in [0.5, 0.6) is 0 Å². The molecule has 12 nitrogen and oxygen atoms in total. The summed E-state index contributed by atoms with van der Waals surface area (Å²) in [5, 5.41) is 14.1. The second-order valence-electron chi connectivity index (χ2n) is 12.0. The number of aromatic nitrogens is 1. The number of rotatable bonds is 10. The number of fused-ring (bicyclic) bond motifs is 1. The fourth-order valence-corrected chi connectivity index (χ4v) is 5.34. The summed E-state index contributed by atoms with van der Waals surface area (Å²) >= 11 is 0. The lowest BCUT2D eigenvalue weighted by Crippen LogP contribution is -2.60. The highest BCUT2D eigenvalue weighted by molar-refractivity contribution is 5.92. The van der Waals surface area contributed by atoms with Crippen LogP contribution in [0.3, 0.4) is 0 Å². The summed E-state index contributed by atoms with van der Waals surface area (Å²) < 4.78 is 11.9. The Morgan fingerprint density at radius 1 is 1.16 bits per heavy atom. The molecule has 2 aromatic rings. The lowest BCUT2D eigenvalue weighted by atomic mass is 9.92. The summed E-state index contributed by atoms with van der Waals surface area (Å²) in [4.78, 5) is 56.0. The van der Waals surface area contributed by atoms with Crippen molar-refractivity contribution in [2.45, 2.75) is 89.6 Å². The van der Waals surface area contributed by atoms with E-state index in [1.807, 2.05) is 37.3 Å². The first-order chi connectivity index (χ1) is 20.9. The standard InChI is InChI=1S/C32H43N5O7.ClH/c1-19(2)27(28(38)34-21(4)29(39)37-16-7-8-25(36-37)30(40)41)44-31(42)32(14-5-6-17-43-32)15-13-22-9-10-23-11-12-24(20(3)33)35-26(23)18-22;/h9-13,15,18-21,25,27,36H,5-8,14,16-17,33H2,1-4H3,(H,34,38)(H,40,41);1H/b15-13+;/t20-,21+,25+,27+,32?;/m1./s1. The number of hydrazine groups is 1. The number of benzene rings is 1. The average Bonchev–Trinajstić information content (AvgIpc) is 3.01. The molecule has 1 aromatic carbocycles. The first-order valence-corrected chi connectivity index (χ1v) is 15.2. The molecular weight excluding hydrogens is 602 g/mol. The van der Waals surface area contributed by atoms with E-state index in [9.17, 15) is 24.3 Å². The number of esters is 1. The Morgan fingerprint density at radius 2 is 1.89 bits per heavy atom. The van der Waals surface area contributed by atoms with Crippen LogP contribution >= 0.6 is 12.4 Å². The van der Waals surface area contributed by atoms with Gasteiger partial charge in [0.05, 0.1) is 11.2 Å². The molecule has 246 valence electrons. The highest BCUT2D eigenvalue weighted by Crippen LogP contribution is 2.30. The monoisotopic (exact) mass is 645 g/mol. The lowest BCUT2D eigenvalue weighted by molar-refractivity contribution is -0.181. The van der Waals surface area contributed by atoms with Crippen molar-refractivity contribution in [2.24, 2.45) is 11.7 Å². The van der Waals surface area contributed by atoms with Gasteiger partial charge in [-0.15, -0.1) is 12.4 Å². The van der Waals surface area contributed by atoms with Crippen molar-refractivity contribution in [3.05, 3.63) is 47.7 Å². The van der Waals surface area contributed by atoms with Gasteiger partial charge >= 0.3 is 11.9 Å². The van der Waals surface area contributed by atoms with Crippen LogP contribution in [-0.2, 0) is 28.7 Å². The normalized spacial score (nSPS) is 22.4. The molecule has 0 saturated carbocycles. The zero-order chi connectivity index (χ0) is 32.0. The van der Waals surface area contributed by atoms with Crippen molar-refractivity contribution >= 4 is 53.1 Å². The van der Waals surface area contributed by atoms with Crippen molar-refractivity contribution in [1.82, 2.24) is 20.7 Å². The maximum absolute atomic E-state index is 13.7. The number of halogens is 1. The van der Waals surface area contributed by atoms with Crippen LogP contribution in [0.1, 0.15) is 77.1 Å². The minimum absolute atomic E-state index is 0. The quantitative estimate of drug-likeness (QED) is 0.281. The molecule has 1 aromatic heterocycles. The Labute approximate surface area is 269 Å². The van der Waals surface area contributed by atoms with E-state index < -0.39 is 53.5 Å². The van der Waals surface area contributed by atoms with Gasteiger partial charge in [-0.05, 0) is 75.6 Å². The number of ether oxygens (including phenoxy) is 2. The van der Waals surface area contributed by atoms with Gasteiger partial charge in [0, 0.05) is 24.6 Å². The molecule has 5 N–H and O–H groups in total. The smallest absolute Gasteiger partial charge is 0.343 e. The number of nitrogens with one attached hydrogen (secondary N) is 2. The molecule has 0 aliphatic carbocycles. The van der Waals surface area contributed by atoms with E-state index in [0.717, 1.165) is 35.0 Å². The van der Waals surface area contributed by atoms with E-state index in [0.29, 0.717) is 32.4 Å². The first kappa shape index (κ1) is 35.9. The van der Waals surface area contributed by atoms with Gasteiger partial charge in [0.25, 0.3) is 11.8 Å². The Balaban J connectivity index is 0.00000552.